The maximum atomic E-state index is 5.74. The Morgan fingerprint density at radius 2 is 2.18 bits per heavy atom. The number of thioether (sulfide) groups is 1. The summed E-state index contributed by atoms with van der Waals surface area (Å²) in [5, 5.41) is 6.44. The van der Waals surface area contributed by atoms with Gasteiger partial charge in [0.15, 0.2) is 0 Å². The summed E-state index contributed by atoms with van der Waals surface area (Å²) >= 11 is 7.67. The monoisotopic (exact) mass is 268 g/mol. The van der Waals surface area contributed by atoms with Crippen LogP contribution in [0.3, 0.4) is 0 Å². The van der Waals surface area contributed by atoms with E-state index in [1.165, 1.54) is 16.6 Å². The number of halogens is 1. The van der Waals surface area contributed by atoms with Gasteiger partial charge < -0.3 is 0 Å². The van der Waals surface area contributed by atoms with Crippen LogP contribution in [0, 0.1) is 0 Å². The largest absolute Gasteiger partial charge is 0.268 e. The molecular weight excluding hydrogens is 252 g/mol. The second-order valence-corrected chi connectivity index (χ2v) is 5.99. The van der Waals surface area contributed by atoms with E-state index in [1.54, 1.807) is 0 Å². The minimum absolute atomic E-state index is 0.591. The molecule has 0 amide bonds. The summed E-state index contributed by atoms with van der Waals surface area (Å²) in [6.07, 6.45) is 1.05. The lowest BCUT2D eigenvalue weighted by Gasteiger charge is -2.07. The lowest BCUT2D eigenvalue weighted by molar-refractivity contribution is 0.780. The van der Waals surface area contributed by atoms with E-state index in [0.29, 0.717) is 5.25 Å². The molecule has 2 rings (SSSR count). The van der Waals surface area contributed by atoms with Crippen LogP contribution in [0.25, 0.3) is 10.9 Å². The third-order valence-electron chi connectivity index (χ3n) is 2.85. The van der Waals surface area contributed by atoms with Crippen LogP contribution in [0.5, 0.6) is 0 Å². The molecule has 1 unspecified atom stereocenters. The van der Waals surface area contributed by atoms with Crippen molar-refractivity contribution in [2.75, 3.05) is 5.88 Å². The molecule has 0 N–H and O–H groups in total. The smallest absolute Gasteiger partial charge is 0.0802 e. The molecule has 0 saturated heterocycles. The molecular formula is C13H17ClN2S. The molecule has 0 aliphatic heterocycles. The maximum Gasteiger partial charge on any atom is 0.0802 e. The van der Waals surface area contributed by atoms with Crippen molar-refractivity contribution >= 4 is 34.3 Å². The highest BCUT2D eigenvalue weighted by atomic mass is 35.5. The number of aryl methyl sites for hydroxylation is 1. The predicted molar refractivity (Wildman–Crippen MR) is 76.8 cm³/mol. The fourth-order valence-corrected chi connectivity index (χ4v) is 3.25. The number of alkyl halides is 1. The molecule has 0 saturated carbocycles. The van der Waals surface area contributed by atoms with Crippen LogP contribution in [0.1, 0.15) is 19.0 Å². The third kappa shape index (κ3) is 2.96. The highest BCUT2D eigenvalue weighted by molar-refractivity contribution is 7.99. The molecule has 2 nitrogen and oxygen atoms in total. The van der Waals surface area contributed by atoms with Crippen molar-refractivity contribution in [2.45, 2.75) is 24.3 Å². The minimum Gasteiger partial charge on any atom is -0.268 e. The Kier molecular flexibility index (Phi) is 4.35. The summed E-state index contributed by atoms with van der Waals surface area (Å²) < 4.78 is 1.96. The van der Waals surface area contributed by atoms with E-state index in [1.807, 2.05) is 23.5 Å². The number of aromatic nitrogens is 2. The molecule has 4 heteroatoms. The van der Waals surface area contributed by atoms with Gasteiger partial charge in [0.25, 0.3) is 0 Å². The van der Waals surface area contributed by atoms with Gasteiger partial charge in [0, 0.05) is 29.3 Å². The van der Waals surface area contributed by atoms with Crippen molar-refractivity contribution in [1.82, 2.24) is 9.78 Å². The van der Waals surface area contributed by atoms with Crippen molar-refractivity contribution in [3.05, 3.63) is 30.0 Å². The average molecular weight is 269 g/mol. The number of hydrogen-bond donors (Lipinski definition) is 0. The lowest BCUT2D eigenvalue weighted by atomic mass is 10.2. The number of fused-ring (bicyclic) bond motifs is 1. The Morgan fingerprint density at radius 3 is 2.94 bits per heavy atom. The summed E-state index contributed by atoms with van der Waals surface area (Å²) in [5.74, 6) is 1.69. The van der Waals surface area contributed by atoms with Gasteiger partial charge in [0.05, 0.1) is 11.2 Å². The van der Waals surface area contributed by atoms with Crippen LogP contribution in [0.15, 0.2) is 24.3 Å². The van der Waals surface area contributed by atoms with Gasteiger partial charge in [-0.2, -0.15) is 16.9 Å². The molecule has 0 aliphatic carbocycles. The molecule has 1 heterocycles. The van der Waals surface area contributed by atoms with Gasteiger partial charge in [-0.15, -0.1) is 11.6 Å². The van der Waals surface area contributed by atoms with Crippen LogP contribution in [0.4, 0.5) is 0 Å². The summed E-state index contributed by atoms with van der Waals surface area (Å²) in [7, 11) is 2.00. The number of para-hydroxylation sites is 1. The van der Waals surface area contributed by atoms with E-state index in [9.17, 15) is 0 Å². The molecule has 1 aromatic heterocycles. The van der Waals surface area contributed by atoms with Crippen LogP contribution >= 0.6 is 23.4 Å². The van der Waals surface area contributed by atoms with Crippen LogP contribution in [-0.2, 0) is 12.8 Å². The zero-order chi connectivity index (χ0) is 12.3. The third-order valence-corrected chi connectivity index (χ3v) is 4.32. The van der Waals surface area contributed by atoms with Crippen molar-refractivity contribution in [2.24, 2.45) is 7.05 Å². The SMILES string of the molecule is CC(CCCl)SCc1nn(C)c2ccccc12. The Hall–Kier alpha value is -0.670. The molecule has 0 aliphatic rings. The highest BCUT2D eigenvalue weighted by Crippen LogP contribution is 2.25. The van der Waals surface area contributed by atoms with Crippen molar-refractivity contribution in [1.29, 1.82) is 0 Å². The average Bonchev–Trinajstić information content (AvgIpc) is 2.65. The zero-order valence-electron chi connectivity index (χ0n) is 10.2. The molecule has 1 aromatic carbocycles. The van der Waals surface area contributed by atoms with Crippen molar-refractivity contribution in [3.63, 3.8) is 0 Å². The first-order valence-electron chi connectivity index (χ1n) is 5.80. The van der Waals surface area contributed by atoms with Gasteiger partial charge in [-0.05, 0) is 12.5 Å². The molecule has 0 spiro atoms. The first-order chi connectivity index (χ1) is 8.22. The number of nitrogens with zero attached hydrogens (tertiary/aromatic N) is 2. The van der Waals surface area contributed by atoms with Gasteiger partial charge in [0.2, 0.25) is 0 Å². The van der Waals surface area contributed by atoms with Gasteiger partial charge in [-0.3, -0.25) is 4.68 Å². The summed E-state index contributed by atoms with van der Waals surface area (Å²) in [6.45, 7) is 2.22. The van der Waals surface area contributed by atoms with Crippen molar-refractivity contribution < 1.29 is 0 Å². The first-order valence-corrected chi connectivity index (χ1v) is 7.39. The normalized spacial score (nSPS) is 13.1. The Morgan fingerprint density at radius 1 is 1.41 bits per heavy atom. The zero-order valence-corrected chi connectivity index (χ0v) is 11.8. The Bertz CT molecular complexity index is 495. The number of rotatable bonds is 5. The topological polar surface area (TPSA) is 17.8 Å². The fourth-order valence-electron chi connectivity index (χ4n) is 1.85. The Labute approximate surface area is 111 Å². The molecule has 0 bridgehead atoms. The van der Waals surface area contributed by atoms with E-state index in [2.05, 4.69) is 36.3 Å². The predicted octanol–water partition coefficient (Wildman–Crippen LogP) is 3.82. The fraction of sp³-hybridized carbons (Fsp3) is 0.462. The van der Waals surface area contributed by atoms with E-state index < -0.39 is 0 Å². The van der Waals surface area contributed by atoms with Gasteiger partial charge in [-0.25, -0.2) is 0 Å². The maximum absolute atomic E-state index is 5.74. The summed E-state index contributed by atoms with van der Waals surface area (Å²) in [6, 6.07) is 8.38. The molecule has 0 fully saturated rings. The highest BCUT2D eigenvalue weighted by Gasteiger charge is 2.09. The molecule has 0 radical (unpaired) electrons. The quantitative estimate of drug-likeness (QED) is 0.767. The summed E-state index contributed by atoms with van der Waals surface area (Å²) in [5.41, 5.74) is 2.38. The van der Waals surface area contributed by atoms with E-state index in [4.69, 9.17) is 11.6 Å². The summed E-state index contributed by atoms with van der Waals surface area (Å²) in [4.78, 5) is 0. The standard InChI is InChI=1S/C13H17ClN2S/c1-10(7-8-14)17-9-12-11-5-3-4-6-13(11)16(2)15-12/h3-6,10H,7-9H2,1-2H3. The van der Waals surface area contributed by atoms with Gasteiger partial charge in [-0.1, -0.05) is 25.1 Å². The van der Waals surface area contributed by atoms with Gasteiger partial charge in [0.1, 0.15) is 0 Å². The molecule has 17 heavy (non-hydrogen) atoms. The van der Waals surface area contributed by atoms with Gasteiger partial charge >= 0.3 is 0 Å². The molecule has 1 atom stereocenters. The molecule has 92 valence electrons. The van der Waals surface area contributed by atoms with E-state index in [0.717, 1.165) is 18.1 Å². The first kappa shape index (κ1) is 12.8. The second kappa shape index (κ2) is 5.78. The molecule has 2 aromatic rings. The van der Waals surface area contributed by atoms with Crippen LogP contribution < -0.4 is 0 Å². The minimum atomic E-state index is 0.591. The lowest BCUT2D eigenvalue weighted by Crippen LogP contribution is -1.98. The number of benzene rings is 1. The van der Waals surface area contributed by atoms with Crippen LogP contribution in [-0.4, -0.2) is 20.9 Å². The second-order valence-electron chi connectivity index (χ2n) is 4.19. The Balaban J connectivity index is 2.13. The number of hydrogen-bond acceptors (Lipinski definition) is 2. The van der Waals surface area contributed by atoms with E-state index in [-0.39, 0.29) is 0 Å². The van der Waals surface area contributed by atoms with E-state index >= 15 is 0 Å². The van der Waals surface area contributed by atoms with Crippen LogP contribution in [0.2, 0.25) is 0 Å². The van der Waals surface area contributed by atoms with Crippen molar-refractivity contribution in [3.8, 4) is 0 Å².